The smallest absolute Gasteiger partial charge is 0.201 e. The molecule has 29 heavy (non-hydrogen) atoms. The predicted octanol–water partition coefficient (Wildman–Crippen LogP) is 5.94. The minimum Gasteiger partial charge on any atom is -0.201 e. The van der Waals surface area contributed by atoms with Crippen LogP contribution >= 0.6 is 0 Å². The number of rotatable bonds is 1. The third-order valence-corrected chi connectivity index (χ3v) is 6.67. The fourth-order valence-corrected chi connectivity index (χ4v) is 5.45. The van der Waals surface area contributed by atoms with Crippen molar-refractivity contribution in [2.24, 2.45) is 7.05 Å². The molecule has 1 heterocycles. The van der Waals surface area contributed by atoms with Crippen LogP contribution in [0.25, 0.3) is 33.5 Å². The van der Waals surface area contributed by atoms with Crippen LogP contribution in [0.2, 0.25) is 0 Å². The highest BCUT2D eigenvalue weighted by atomic mass is 14.9. The second-order valence-corrected chi connectivity index (χ2v) is 8.29. The van der Waals surface area contributed by atoms with Gasteiger partial charge in [0.25, 0.3) is 0 Å². The molecule has 0 spiro atoms. The molecule has 0 N–H and O–H groups in total. The minimum atomic E-state index is -2.11. The second-order valence-electron chi connectivity index (χ2n) is 8.29. The van der Waals surface area contributed by atoms with Gasteiger partial charge >= 0.3 is 0 Å². The summed E-state index contributed by atoms with van der Waals surface area (Å²) in [6.07, 6.45) is 3.69. The molecule has 6 rings (SSSR count). The number of benzene rings is 3. The van der Waals surface area contributed by atoms with Crippen LogP contribution in [0, 0.1) is 13.8 Å². The number of aryl methyl sites for hydroxylation is 2. The van der Waals surface area contributed by atoms with Crippen LogP contribution < -0.4 is 4.57 Å². The number of hydrogen-bond acceptors (Lipinski definition) is 0. The molecule has 0 radical (unpaired) electrons. The van der Waals surface area contributed by atoms with Crippen molar-refractivity contribution in [2.75, 3.05) is 0 Å². The molecule has 0 amide bonds. The van der Waals surface area contributed by atoms with Crippen LogP contribution in [0.1, 0.15) is 37.5 Å². The maximum atomic E-state index is 7.81. The van der Waals surface area contributed by atoms with Gasteiger partial charge in [-0.25, -0.2) is 4.57 Å². The lowest BCUT2D eigenvalue weighted by molar-refractivity contribution is -0.660. The van der Waals surface area contributed by atoms with E-state index in [0.717, 1.165) is 18.5 Å². The summed E-state index contributed by atoms with van der Waals surface area (Å²) in [7, 11) is 1.96. The van der Waals surface area contributed by atoms with Crippen molar-refractivity contribution in [3.63, 3.8) is 0 Å². The number of fused-ring (bicyclic) bond motifs is 7. The van der Waals surface area contributed by atoms with Crippen LogP contribution in [0.3, 0.4) is 0 Å². The Morgan fingerprint density at radius 1 is 0.759 bits per heavy atom. The molecule has 1 heteroatoms. The molecule has 0 atom stereocenters. The Hall–Kier alpha value is -3.19. The van der Waals surface area contributed by atoms with Gasteiger partial charge < -0.3 is 0 Å². The van der Waals surface area contributed by atoms with Crippen molar-refractivity contribution in [1.82, 2.24) is 0 Å². The SMILES string of the molecule is [2H]C([2H])([2H])c1ccc(-c2c(C)c3c(c4c2-c2ccccc2C4)Cc2ccccc2-3)[n+](C)c1. The Morgan fingerprint density at radius 3 is 2.03 bits per heavy atom. The topological polar surface area (TPSA) is 3.88 Å². The van der Waals surface area contributed by atoms with E-state index < -0.39 is 6.85 Å². The van der Waals surface area contributed by atoms with Crippen LogP contribution in [0.4, 0.5) is 0 Å². The van der Waals surface area contributed by atoms with Gasteiger partial charge in [0.1, 0.15) is 7.05 Å². The number of aromatic nitrogens is 1. The normalized spacial score (nSPS) is 15.0. The lowest BCUT2D eigenvalue weighted by Crippen LogP contribution is -2.31. The van der Waals surface area contributed by atoms with Gasteiger partial charge in [0.05, 0.1) is 5.56 Å². The summed E-state index contributed by atoms with van der Waals surface area (Å²) in [5, 5.41) is 0. The molecular formula is C28H24N+. The molecule has 2 aliphatic carbocycles. The van der Waals surface area contributed by atoms with Crippen molar-refractivity contribution in [3.05, 3.63) is 100 Å². The van der Waals surface area contributed by atoms with Gasteiger partial charge in [0.15, 0.2) is 6.20 Å². The summed E-state index contributed by atoms with van der Waals surface area (Å²) in [5.41, 5.74) is 14.9. The highest BCUT2D eigenvalue weighted by molar-refractivity contribution is 5.98. The Balaban J connectivity index is 1.70. The van der Waals surface area contributed by atoms with Crippen molar-refractivity contribution in [3.8, 4) is 33.5 Å². The molecule has 3 aromatic carbocycles. The second kappa shape index (κ2) is 5.90. The molecule has 0 fully saturated rings. The number of nitrogens with zero attached hydrogens (tertiary/aromatic N) is 1. The van der Waals surface area contributed by atoms with E-state index in [2.05, 4.69) is 55.5 Å². The zero-order valence-corrected chi connectivity index (χ0v) is 16.7. The summed E-state index contributed by atoms with van der Waals surface area (Å²) in [6, 6.07) is 21.2. The van der Waals surface area contributed by atoms with Gasteiger partial charge in [-0.3, -0.25) is 0 Å². The predicted molar refractivity (Wildman–Crippen MR) is 119 cm³/mol. The fraction of sp³-hybridized carbons (Fsp3) is 0.179. The monoisotopic (exact) mass is 377 g/mol. The number of pyridine rings is 1. The fourth-order valence-electron chi connectivity index (χ4n) is 5.45. The maximum absolute atomic E-state index is 7.81. The molecule has 0 aliphatic heterocycles. The highest BCUT2D eigenvalue weighted by Gasteiger charge is 2.34. The molecule has 0 bridgehead atoms. The Kier molecular flexibility index (Phi) is 2.83. The van der Waals surface area contributed by atoms with Crippen LogP contribution in [-0.4, -0.2) is 0 Å². The van der Waals surface area contributed by atoms with Crippen molar-refractivity contribution in [2.45, 2.75) is 26.6 Å². The summed E-state index contributed by atoms with van der Waals surface area (Å²) < 4.78 is 25.4. The van der Waals surface area contributed by atoms with Crippen LogP contribution in [-0.2, 0) is 19.9 Å². The van der Waals surface area contributed by atoms with E-state index in [1.165, 1.54) is 55.6 Å². The zero-order valence-electron chi connectivity index (χ0n) is 19.7. The lowest BCUT2D eigenvalue weighted by atomic mass is 9.85. The molecule has 0 unspecified atom stereocenters. The molecular weight excluding hydrogens is 350 g/mol. The van der Waals surface area contributed by atoms with Crippen molar-refractivity contribution >= 4 is 0 Å². The van der Waals surface area contributed by atoms with Gasteiger partial charge in [-0.2, -0.15) is 0 Å². The first-order valence-electron chi connectivity index (χ1n) is 11.7. The van der Waals surface area contributed by atoms with E-state index in [0.29, 0.717) is 5.56 Å². The van der Waals surface area contributed by atoms with Gasteiger partial charge in [-0.05, 0) is 82.8 Å². The molecule has 140 valence electrons. The first kappa shape index (κ1) is 13.9. The number of hydrogen-bond donors (Lipinski definition) is 0. The van der Waals surface area contributed by atoms with Crippen LogP contribution in [0.15, 0.2) is 66.9 Å². The quantitative estimate of drug-likeness (QED) is 0.312. The molecule has 2 aliphatic rings. The van der Waals surface area contributed by atoms with E-state index in [-0.39, 0.29) is 0 Å². The standard InChI is InChI=1S/C28H24N/c1-17-12-13-25(29(3)16-17)27-18(2)26-21-10-6-4-8-19(21)14-23(26)24-15-20-9-5-7-11-22(20)28(24)27/h4-13,16H,14-15H2,1-3H3/q+1/i1D3. The summed E-state index contributed by atoms with van der Waals surface area (Å²) in [4.78, 5) is 0. The van der Waals surface area contributed by atoms with E-state index in [9.17, 15) is 0 Å². The first-order valence-corrected chi connectivity index (χ1v) is 10.2. The minimum absolute atomic E-state index is 0.366. The van der Waals surface area contributed by atoms with Gasteiger partial charge in [0.2, 0.25) is 5.69 Å². The first-order chi connectivity index (χ1) is 15.3. The Bertz CT molecular complexity index is 1430. The third-order valence-electron chi connectivity index (χ3n) is 6.67. The Morgan fingerprint density at radius 2 is 1.38 bits per heavy atom. The molecule has 1 nitrogen and oxygen atoms in total. The molecule has 0 saturated carbocycles. The third kappa shape index (κ3) is 2.25. The van der Waals surface area contributed by atoms with Crippen molar-refractivity contribution < 1.29 is 8.68 Å². The molecule has 1 aromatic heterocycles. The largest absolute Gasteiger partial charge is 0.213 e. The molecule has 0 saturated heterocycles. The van der Waals surface area contributed by atoms with Gasteiger partial charge in [0, 0.05) is 15.7 Å². The summed E-state index contributed by atoms with van der Waals surface area (Å²) in [5.74, 6) is 0. The van der Waals surface area contributed by atoms with Gasteiger partial charge in [-0.15, -0.1) is 0 Å². The summed E-state index contributed by atoms with van der Waals surface area (Å²) in [6.45, 7) is 0.117. The maximum Gasteiger partial charge on any atom is 0.213 e. The van der Waals surface area contributed by atoms with Gasteiger partial charge in [-0.1, -0.05) is 48.5 Å². The van der Waals surface area contributed by atoms with E-state index in [4.69, 9.17) is 4.11 Å². The van der Waals surface area contributed by atoms with Crippen LogP contribution in [0.5, 0.6) is 0 Å². The van der Waals surface area contributed by atoms with E-state index in [1.54, 1.807) is 12.3 Å². The molecule has 4 aromatic rings. The zero-order chi connectivity index (χ0) is 22.2. The average molecular weight is 378 g/mol. The average Bonchev–Trinajstić information content (AvgIpc) is 3.33. The summed E-state index contributed by atoms with van der Waals surface area (Å²) >= 11 is 0. The highest BCUT2D eigenvalue weighted by Crippen LogP contribution is 2.52. The van der Waals surface area contributed by atoms with E-state index in [1.807, 2.05) is 17.7 Å². The lowest BCUT2D eigenvalue weighted by Gasteiger charge is -2.18. The Labute approximate surface area is 176 Å². The van der Waals surface area contributed by atoms with Crippen molar-refractivity contribution in [1.29, 1.82) is 0 Å². The van der Waals surface area contributed by atoms with E-state index >= 15 is 0 Å².